The van der Waals surface area contributed by atoms with E-state index < -0.39 is 0 Å². The zero-order valence-corrected chi connectivity index (χ0v) is 11.8. The third-order valence-electron chi connectivity index (χ3n) is 2.96. The van der Waals surface area contributed by atoms with Crippen molar-refractivity contribution in [2.24, 2.45) is 0 Å². The van der Waals surface area contributed by atoms with Crippen LogP contribution in [-0.4, -0.2) is 29.6 Å². The minimum absolute atomic E-state index is 0.447. The van der Waals surface area contributed by atoms with Gasteiger partial charge in [0.2, 0.25) is 0 Å². The Kier molecular flexibility index (Phi) is 4.73. The summed E-state index contributed by atoms with van der Waals surface area (Å²) < 4.78 is 0. The van der Waals surface area contributed by atoms with Crippen LogP contribution in [0, 0.1) is 6.92 Å². The summed E-state index contributed by atoms with van der Waals surface area (Å²) in [4.78, 5) is 11.5. The Morgan fingerprint density at radius 1 is 1.24 bits per heavy atom. The van der Waals surface area contributed by atoms with Gasteiger partial charge in [-0.05, 0) is 27.7 Å². The lowest BCUT2D eigenvalue weighted by Crippen LogP contribution is -2.32. The zero-order valence-electron chi connectivity index (χ0n) is 11.8. The van der Waals surface area contributed by atoms with Crippen LogP contribution in [0.5, 0.6) is 0 Å². The number of nitrogens with one attached hydrogen (secondary N) is 1. The van der Waals surface area contributed by atoms with Crippen LogP contribution < -0.4 is 10.2 Å². The molecule has 96 valence electrons. The van der Waals surface area contributed by atoms with Crippen molar-refractivity contribution in [3.05, 3.63) is 11.4 Å². The van der Waals surface area contributed by atoms with E-state index in [1.807, 2.05) is 7.05 Å². The summed E-state index contributed by atoms with van der Waals surface area (Å²) in [6.07, 6.45) is 0.859. The van der Waals surface area contributed by atoms with Crippen molar-refractivity contribution in [2.45, 2.75) is 47.1 Å². The molecule has 1 aromatic rings. The summed E-state index contributed by atoms with van der Waals surface area (Å²) >= 11 is 0. The molecule has 17 heavy (non-hydrogen) atoms. The normalized spacial score (nSPS) is 10.8. The molecular weight excluding hydrogens is 212 g/mol. The van der Waals surface area contributed by atoms with Gasteiger partial charge in [0.15, 0.2) is 0 Å². The van der Waals surface area contributed by atoms with Crippen molar-refractivity contribution >= 4 is 11.6 Å². The van der Waals surface area contributed by atoms with Crippen LogP contribution in [0.25, 0.3) is 0 Å². The minimum atomic E-state index is 0.447. The Balaban J connectivity index is 3.29. The van der Waals surface area contributed by atoms with E-state index in [-0.39, 0.29) is 0 Å². The van der Waals surface area contributed by atoms with Crippen molar-refractivity contribution in [1.29, 1.82) is 0 Å². The van der Waals surface area contributed by atoms with Gasteiger partial charge in [0.05, 0.1) is 0 Å². The molecule has 1 aromatic heterocycles. The van der Waals surface area contributed by atoms with Crippen LogP contribution in [0.15, 0.2) is 0 Å². The fourth-order valence-corrected chi connectivity index (χ4v) is 1.99. The van der Waals surface area contributed by atoms with E-state index in [0.717, 1.165) is 36.0 Å². The van der Waals surface area contributed by atoms with Crippen molar-refractivity contribution < 1.29 is 0 Å². The second-order valence-electron chi connectivity index (χ2n) is 4.42. The second-order valence-corrected chi connectivity index (χ2v) is 4.42. The van der Waals surface area contributed by atoms with E-state index >= 15 is 0 Å². The molecule has 0 unspecified atom stereocenters. The molecule has 1 N–H and O–H groups in total. The van der Waals surface area contributed by atoms with E-state index in [2.05, 4.69) is 54.8 Å². The maximum Gasteiger partial charge on any atom is 0.137 e. The standard InChI is InChI=1S/C13H24N4/c1-7-11-15-12(14-6)10(5)13(16-11)17(8-2)9(3)4/h9H,7-8H2,1-6H3,(H,14,15,16). The molecule has 0 bridgehead atoms. The Morgan fingerprint density at radius 2 is 1.88 bits per heavy atom. The Hall–Kier alpha value is -1.32. The summed E-state index contributed by atoms with van der Waals surface area (Å²) in [7, 11) is 1.91. The molecule has 0 spiro atoms. The molecule has 0 aliphatic heterocycles. The van der Waals surface area contributed by atoms with Crippen LogP contribution in [0.4, 0.5) is 11.6 Å². The quantitative estimate of drug-likeness (QED) is 0.853. The monoisotopic (exact) mass is 236 g/mol. The summed E-state index contributed by atoms with van der Waals surface area (Å²) in [6, 6.07) is 0.447. The van der Waals surface area contributed by atoms with E-state index in [1.54, 1.807) is 0 Å². The van der Waals surface area contributed by atoms with Gasteiger partial charge in [0.25, 0.3) is 0 Å². The van der Waals surface area contributed by atoms with E-state index in [0.29, 0.717) is 6.04 Å². The molecule has 1 rings (SSSR count). The first-order chi connectivity index (χ1) is 8.04. The average molecular weight is 236 g/mol. The number of hydrogen-bond acceptors (Lipinski definition) is 4. The lowest BCUT2D eigenvalue weighted by atomic mass is 10.2. The predicted octanol–water partition coefficient (Wildman–Crippen LogP) is 2.62. The van der Waals surface area contributed by atoms with Crippen LogP contribution in [0.2, 0.25) is 0 Å². The van der Waals surface area contributed by atoms with Gasteiger partial charge in [-0.2, -0.15) is 0 Å². The Morgan fingerprint density at radius 3 is 2.29 bits per heavy atom. The van der Waals surface area contributed by atoms with Gasteiger partial charge < -0.3 is 10.2 Å². The highest BCUT2D eigenvalue weighted by Gasteiger charge is 2.16. The fraction of sp³-hybridized carbons (Fsp3) is 0.692. The molecule has 0 atom stereocenters. The maximum atomic E-state index is 4.67. The number of anilines is 2. The van der Waals surface area contributed by atoms with Crippen LogP contribution in [0.3, 0.4) is 0 Å². The fourth-order valence-electron chi connectivity index (χ4n) is 1.99. The van der Waals surface area contributed by atoms with Gasteiger partial charge in [-0.25, -0.2) is 9.97 Å². The largest absolute Gasteiger partial charge is 0.373 e. The Labute approximate surface area is 104 Å². The summed E-state index contributed by atoms with van der Waals surface area (Å²) in [5.41, 5.74) is 1.13. The van der Waals surface area contributed by atoms with E-state index in [4.69, 9.17) is 0 Å². The number of aryl methyl sites for hydroxylation is 1. The molecule has 1 heterocycles. The first kappa shape index (κ1) is 13.7. The second kappa shape index (κ2) is 5.84. The van der Waals surface area contributed by atoms with Crippen molar-refractivity contribution in [1.82, 2.24) is 9.97 Å². The average Bonchev–Trinajstić information content (AvgIpc) is 2.31. The molecule has 0 saturated carbocycles. The highest BCUT2D eigenvalue weighted by molar-refractivity contribution is 5.58. The SMILES string of the molecule is CCc1nc(NC)c(C)c(N(CC)C(C)C)n1. The van der Waals surface area contributed by atoms with Crippen molar-refractivity contribution in [3.8, 4) is 0 Å². The molecule has 0 aromatic carbocycles. The third kappa shape index (κ3) is 2.87. The first-order valence-electron chi connectivity index (χ1n) is 6.36. The highest BCUT2D eigenvalue weighted by atomic mass is 15.2. The highest BCUT2D eigenvalue weighted by Crippen LogP contribution is 2.24. The lowest BCUT2D eigenvalue weighted by molar-refractivity contribution is 0.685. The minimum Gasteiger partial charge on any atom is -0.373 e. The topological polar surface area (TPSA) is 41.1 Å². The molecule has 4 nitrogen and oxygen atoms in total. The van der Waals surface area contributed by atoms with E-state index in [1.165, 1.54) is 0 Å². The number of hydrogen-bond donors (Lipinski definition) is 1. The molecule has 0 saturated heterocycles. The molecule has 0 amide bonds. The van der Waals surface area contributed by atoms with Crippen molar-refractivity contribution in [3.63, 3.8) is 0 Å². The van der Waals surface area contributed by atoms with E-state index in [9.17, 15) is 0 Å². The predicted molar refractivity (Wildman–Crippen MR) is 73.8 cm³/mol. The third-order valence-corrected chi connectivity index (χ3v) is 2.96. The molecule has 0 aliphatic carbocycles. The molecule has 0 aliphatic rings. The molecule has 4 heteroatoms. The number of aromatic nitrogens is 2. The zero-order chi connectivity index (χ0) is 13.0. The summed E-state index contributed by atoms with van der Waals surface area (Å²) in [5, 5.41) is 3.15. The molecule has 0 radical (unpaired) electrons. The summed E-state index contributed by atoms with van der Waals surface area (Å²) in [6.45, 7) is 11.7. The summed E-state index contributed by atoms with van der Waals surface area (Å²) in [5.74, 6) is 2.89. The van der Waals surface area contributed by atoms with Gasteiger partial charge in [-0.1, -0.05) is 6.92 Å². The number of nitrogens with zero attached hydrogens (tertiary/aromatic N) is 3. The smallest absolute Gasteiger partial charge is 0.137 e. The van der Waals surface area contributed by atoms with Crippen LogP contribution in [0.1, 0.15) is 39.1 Å². The first-order valence-corrected chi connectivity index (χ1v) is 6.36. The van der Waals surface area contributed by atoms with Gasteiger partial charge in [-0.3, -0.25) is 0 Å². The van der Waals surface area contributed by atoms with Gasteiger partial charge in [-0.15, -0.1) is 0 Å². The van der Waals surface area contributed by atoms with Crippen LogP contribution >= 0.6 is 0 Å². The Bertz CT molecular complexity index is 374. The number of rotatable bonds is 5. The molecular formula is C13H24N4. The van der Waals surface area contributed by atoms with Crippen LogP contribution in [-0.2, 0) is 6.42 Å². The van der Waals surface area contributed by atoms with Gasteiger partial charge in [0.1, 0.15) is 17.5 Å². The van der Waals surface area contributed by atoms with Crippen molar-refractivity contribution in [2.75, 3.05) is 23.8 Å². The van der Waals surface area contributed by atoms with Gasteiger partial charge >= 0.3 is 0 Å². The molecule has 0 fully saturated rings. The van der Waals surface area contributed by atoms with Gasteiger partial charge in [0, 0.05) is 31.6 Å². The lowest BCUT2D eigenvalue weighted by Gasteiger charge is -2.28. The maximum absolute atomic E-state index is 4.67.